The van der Waals surface area contributed by atoms with Crippen molar-refractivity contribution >= 4 is 5.78 Å². The highest BCUT2D eigenvalue weighted by atomic mass is 16.1. The third-order valence-electron chi connectivity index (χ3n) is 1.96. The van der Waals surface area contributed by atoms with Gasteiger partial charge in [-0.25, -0.2) is 0 Å². The minimum atomic E-state index is -0.276. The fourth-order valence-electron chi connectivity index (χ4n) is 1.02. The SMILES string of the molecule is Cn1nnc(CCC(=O)C(C)(C)C)n1. The summed E-state index contributed by atoms with van der Waals surface area (Å²) in [5, 5.41) is 11.5. The number of hydrogen-bond donors (Lipinski definition) is 0. The lowest BCUT2D eigenvalue weighted by atomic mass is 9.88. The molecule has 0 fully saturated rings. The summed E-state index contributed by atoms with van der Waals surface area (Å²) in [6, 6.07) is 0. The van der Waals surface area contributed by atoms with Gasteiger partial charge in [0.15, 0.2) is 5.82 Å². The third-order valence-corrected chi connectivity index (χ3v) is 1.96. The van der Waals surface area contributed by atoms with E-state index in [0.29, 0.717) is 18.7 Å². The van der Waals surface area contributed by atoms with Crippen LogP contribution in [0.4, 0.5) is 0 Å². The first kappa shape index (κ1) is 10.8. The van der Waals surface area contributed by atoms with E-state index in [1.165, 1.54) is 4.80 Å². The standard InChI is InChI=1S/C9H16N4O/c1-9(2,3)7(14)5-6-8-10-12-13(4)11-8/h5-6H2,1-4H3. The number of hydrogen-bond acceptors (Lipinski definition) is 4. The minimum Gasteiger partial charge on any atom is -0.299 e. The zero-order valence-electron chi connectivity index (χ0n) is 9.11. The summed E-state index contributed by atoms with van der Waals surface area (Å²) in [5.41, 5.74) is -0.276. The Morgan fingerprint density at radius 1 is 1.43 bits per heavy atom. The number of aryl methyl sites for hydroxylation is 2. The summed E-state index contributed by atoms with van der Waals surface area (Å²) in [5.74, 6) is 0.857. The second-order valence-electron chi connectivity index (χ2n) is 4.37. The van der Waals surface area contributed by atoms with Crippen molar-refractivity contribution < 1.29 is 4.79 Å². The van der Waals surface area contributed by atoms with E-state index in [4.69, 9.17) is 0 Å². The van der Waals surface area contributed by atoms with Gasteiger partial charge in [0.1, 0.15) is 5.78 Å². The number of Topliss-reactive ketones (excluding diaryl/α,β-unsaturated/α-hetero) is 1. The highest BCUT2D eigenvalue weighted by Crippen LogP contribution is 2.17. The molecule has 0 amide bonds. The van der Waals surface area contributed by atoms with Gasteiger partial charge in [0, 0.05) is 18.3 Å². The van der Waals surface area contributed by atoms with Gasteiger partial charge in [-0.05, 0) is 5.21 Å². The van der Waals surface area contributed by atoms with Gasteiger partial charge >= 0.3 is 0 Å². The molecule has 0 aromatic carbocycles. The van der Waals surface area contributed by atoms with Crippen molar-refractivity contribution in [2.75, 3.05) is 0 Å². The van der Waals surface area contributed by atoms with Crippen LogP contribution in [0, 0.1) is 5.41 Å². The first-order valence-corrected chi connectivity index (χ1v) is 4.66. The van der Waals surface area contributed by atoms with Gasteiger partial charge in [-0.2, -0.15) is 4.80 Å². The third kappa shape index (κ3) is 2.90. The van der Waals surface area contributed by atoms with Crippen LogP contribution in [0.25, 0.3) is 0 Å². The maximum absolute atomic E-state index is 11.6. The van der Waals surface area contributed by atoms with Crippen LogP contribution in [-0.2, 0) is 18.3 Å². The molecule has 5 heteroatoms. The van der Waals surface area contributed by atoms with Crippen molar-refractivity contribution in [1.82, 2.24) is 20.2 Å². The molecule has 5 nitrogen and oxygen atoms in total. The quantitative estimate of drug-likeness (QED) is 0.716. The predicted octanol–water partition coefficient (Wildman–Crippen LogP) is 0.758. The predicted molar refractivity (Wildman–Crippen MR) is 51.6 cm³/mol. The van der Waals surface area contributed by atoms with Gasteiger partial charge in [0.05, 0.1) is 7.05 Å². The van der Waals surface area contributed by atoms with Gasteiger partial charge in [0.2, 0.25) is 0 Å². The number of rotatable bonds is 3. The second kappa shape index (κ2) is 3.86. The van der Waals surface area contributed by atoms with Crippen LogP contribution in [-0.4, -0.2) is 26.0 Å². The first-order valence-electron chi connectivity index (χ1n) is 4.66. The van der Waals surface area contributed by atoms with E-state index in [-0.39, 0.29) is 11.2 Å². The van der Waals surface area contributed by atoms with Gasteiger partial charge in [0.25, 0.3) is 0 Å². The zero-order valence-corrected chi connectivity index (χ0v) is 9.11. The average Bonchev–Trinajstić information content (AvgIpc) is 2.45. The Kier molecular flexibility index (Phi) is 2.98. The first-order chi connectivity index (χ1) is 6.39. The van der Waals surface area contributed by atoms with Crippen LogP contribution < -0.4 is 0 Å². The van der Waals surface area contributed by atoms with E-state index in [2.05, 4.69) is 15.4 Å². The summed E-state index contributed by atoms with van der Waals surface area (Å²) in [6.07, 6.45) is 1.05. The van der Waals surface area contributed by atoms with Crippen LogP contribution in [0.1, 0.15) is 33.0 Å². The normalized spacial score (nSPS) is 11.7. The van der Waals surface area contributed by atoms with Crippen molar-refractivity contribution in [3.8, 4) is 0 Å². The molecule has 0 bridgehead atoms. The highest BCUT2D eigenvalue weighted by Gasteiger charge is 2.21. The molecule has 78 valence electrons. The molecule has 0 aliphatic carbocycles. The molecule has 1 rings (SSSR count). The van der Waals surface area contributed by atoms with Crippen molar-refractivity contribution in [3.05, 3.63) is 5.82 Å². The van der Waals surface area contributed by atoms with E-state index < -0.39 is 0 Å². The monoisotopic (exact) mass is 196 g/mol. The molecule has 0 saturated carbocycles. The van der Waals surface area contributed by atoms with Crippen LogP contribution in [0.3, 0.4) is 0 Å². The smallest absolute Gasteiger partial charge is 0.175 e. The molecule has 0 N–H and O–H groups in total. The van der Waals surface area contributed by atoms with E-state index in [1.807, 2.05) is 20.8 Å². The topological polar surface area (TPSA) is 60.7 Å². The van der Waals surface area contributed by atoms with Crippen molar-refractivity contribution in [2.24, 2.45) is 12.5 Å². The van der Waals surface area contributed by atoms with Gasteiger partial charge in [-0.15, -0.1) is 10.2 Å². The Labute approximate surface area is 83.5 Å². The number of ketones is 1. The lowest BCUT2D eigenvalue weighted by Crippen LogP contribution is -2.20. The molecule has 0 aliphatic heterocycles. The summed E-state index contributed by atoms with van der Waals surface area (Å²) in [7, 11) is 1.71. The van der Waals surface area contributed by atoms with Crippen LogP contribution in [0.15, 0.2) is 0 Å². The number of nitrogens with zero attached hydrogens (tertiary/aromatic N) is 4. The maximum atomic E-state index is 11.6. The average molecular weight is 196 g/mol. The Balaban J connectivity index is 2.46. The van der Waals surface area contributed by atoms with E-state index in [0.717, 1.165) is 0 Å². The molecule has 0 radical (unpaired) electrons. The number of carbonyl (C=O) groups is 1. The fourth-order valence-corrected chi connectivity index (χ4v) is 1.02. The molecule has 0 atom stereocenters. The minimum absolute atomic E-state index is 0.227. The lowest BCUT2D eigenvalue weighted by Gasteiger charge is -2.15. The largest absolute Gasteiger partial charge is 0.299 e. The molecule has 0 unspecified atom stereocenters. The van der Waals surface area contributed by atoms with E-state index >= 15 is 0 Å². The summed E-state index contributed by atoms with van der Waals surface area (Å²) in [4.78, 5) is 13.0. The molecule has 0 aliphatic rings. The van der Waals surface area contributed by atoms with Crippen LogP contribution in [0.2, 0.25) is 0 Å². The number of carbonyl (C=O) groups excluding carboxylic acids is 1. The Morgan fingerprint density at radius 3 is 2.50 bits per heavy atom. The Hall–Kier alpha value is -1.26. The molecule has 0 saturated heterocycles. The molecule has 1 aromatic heterocycles. The van der Waals surface area contributed by atoms with Gasteiger partial charge in [-0.1, -0.05) is 20.8 Å². The molecular formula is C9H16N4O. The number of tetrazole rings is 1. The van der Waals surface area contributed by atoms with Crippen LogP contribution >= 0.6 is 0 Å². The molecule has 1 aromatic rings. The molecular weight excluding hydrogens is 180 g/mol. The Morgan fingerprint density at radius 2 is 2.07 bits per heavy atom. The Bertz CT molecular complexity index is 324. The lowest BCUT2D eigenvalue weighted by molar-refractivity contribution is -0.126. The second-order valence-corrected chi connectivity index (χ2v) is 4.37. The van der Waals surface area contributed by atoms with E-state index in [9.17, 15) is 4.79 Å². The van der Waals surface area contributed by atoms with Gasteiger partial charge in [-0.3, -0.25) is 4.79 Å². The van der Waals surface area contributed by atoms with E-state index in [1.54, 1.807) is 7.05 Å². The van der Waals surface area contributed by atoms with Crippen molar-refractivity contribution in [1.29, 1.82) is 0 Å². The molecule has 0 spiro atoms. The van der Waals surface area contributed by atoms with Gasteiger partial charge < -0.3 is 0 Å². The summed E-state index contributed by atoms with van der Waals surface area (Å²) in [6.45, 7) is 5.75. The summed E-state index contributed by atoms with van der Waals surface area (Å²) < 4.78 is 0. The number of aromatic nitrogens is 4. The summed E-state index contributed by atoms with van der Waals surface area (Å²) >= 11 is 0. The highest BCUT2D eigenvalue weighted by molar-refractivity contribution is 5.83. The molecule has 1 heterocycles. The zero-order chi connectivity index (χ0) is 10.8. The van der Waals surface area contributed by atoms with Crippen molar-refractivity contribution in [2.45, 2.75) is 33.6 Å². The maximum Gasteiger partial charge on any atom is 0.175 e. The fraction of sp³-hybridized carbons (Fsp3) is 0.778. The van der Waals surface area contributed by atoms with Crippen LogP contribution in [0.5, 0.6) is 0 Å². The van der Waals surface area contributed by atoms with Crippen molar-refractivity contribution in [3.63, 3.8) is 0 Å². The molecule has 14 heavy (non-hydrogen) atoms.